The number of aromatic nitrogens is 2. The standard InChI is InChI=1S/C14H16ClN3/c1-3-4-12-9-13(15)18-14(17-12)16-11-7-5-10(2)6-8-11/h5-9H,3-4H2,1-2H3,(H,16,17,18). The molecule has 4 heteroatoms. The second kappa shape index (κ2) is 5.83. The highest BCUT2D eigenvalue weighted by molar-refractivity contribution is 6.29. The van der Waals surface area contributed by atoms with Crippen molar-refractivity contribution in [2.75, 3.05) is 5.32 Å². The third-order valence-corrected chi connectivity index (χ3v) is 2.76. The Hall–Kier alpha value is -1.61. The van der Waals surface area contributed by atoms with E-state index in [1.807, 2.05) is 30.3 Å². The van der Waals surface area contributed by atoms with Crippen LogP contribution in [0.5, 0.6) is 0 Å². The van der Waals surface area contributed by atoms with Crippen molar-refractivity contribution in [1.82, 2.24) is 9.97 Å². The van der Waals surface area contributed by atoms with E-state index >= 15 is 0 Å². The largest absolute Gasteiger partial charge is 0.324 e. The molecular weight excluding hydrogens is 246 g/mol. The molecule has 0 amide bonds. The van der Waals surface area contributed by atoms with Gasteiger partial charge >= 0.3 is 0 Å². The maximum atomic E-state index is 5.99. The van der Waals surface area contributed by atoms with Gasteiger partial charge < -0.3 is 5.32 Å². The van der Waals surface area contributed by atoms with E-state index in [1.54, 1.807) is 0 Å². The number of halogens is 1. The van der Waals surface area contributed by atoms with Crippen LogP contribution >= 0.6 is 11.6 Å². The number of hydrogen-bond acceptors (Lipinski definition) is 3. The van der Waals surface area contributed by atoms with Crippen molar-refractivity contribution < 1.29 is 0 Å². The van der Waals surface area contributed by atoms with Crippen LogP contribution in [0.1, 0.15) is 24.6 Å². The third-order valence-electron chi connectivity index (χ3n) is 2.56. The summed E-state index contributed by atoms with van der Waals surface area (Å²) < 4.78 is 0. The normalized spacial score (nSPS) is 10.4. The van der Waals surface area contributed by atoms with E-state index < -0.39 is 0 Å². The molecular formula is C14H16ClN3. The fourth-order valence-corrected chi connectivity index (χ4v) is 1.88. The minimum Gasteiger partial charge on any atom is -0.324 e. The molecule has 0 aliphatic rings. The molecule has 0 atom stereocenters. The summed E-state index contributed by atoms with van der Waals surface area (Å²) in [5.74, 6) is 0.551. The Bertz CT molecular complexity index is 523. The van der Waals surface area contributed by atoms with Crippen LogP contribution in [-0.2, 0) is 6.42 Å². The lowest BCUT2D eigenvalue weighted by atomic mass is 10.2. The summed E-state index contributed by atoms with van der Waals surface area (Å²) in [4.78, 5) is 8.61. The van der Waals surface area contributed by atoms with Gasteiger partial charge in [0.25, 0.3) is 0 Å². The molecule has 1 aromatic heterocycles. The van der Waals surface area contributed by atoms with Crippen molar-refractivity contribution in [3.05, 3.63) is 46.7 Å². The predicted octanol–water partition coefficient (Wildman–Crippen LogP) is 4.13. The lowest BCUT2D eigenvalue weighted by Crippen LogP contribution is -2.00. The van der Waals surface area contributed by atoms with E-state index in [0.29, 0.717) is 11.1 Å². The maximum Gasteiger partial charge on any atom is 0.228 e. The molecule has 0 bridgehead atoms. The van der Waals surface area contributed by atoms with Crippen LogP contribution in [0, 0.1) is 6.92 Å². The van der Waals surface area contributed by atoms with E-state index in [0.717, 1.165) is 24.2 Å². The number of aryl methyl sites for hydroxylation is 2. The molecule has 18 heavy (non-hydrogen) atoms. The van der Waals surface area contributed by atoms with Gasteiger partial charge in [-0.3, -0.25) is 0 Å². The Morgan fingerprint density at radius 3 is 2.56 bits per heavy atom. The van der Waals surface area contributed by atoms with Crippen molar-refractivity contribution in [1.29, 1.82) is 0 Å². The van der Waals surface area contributed by atoms with Gasteiger partial charge in [0, 0.05) is 11.4 Å². The Labute approximate surface area is 112 Å². The van der Waals surface area contributed by atoms with Crippen LogP contribution in [0.15, 0.2) is 30.3 Å². The van der Waals surface area contributed by atoms with Gasteiger partial charge in [0.2, 0.25) is 5.95 Å². The SMILES string of the molecule is CCCc1cc(Cl)nc(Nc2ccc(C)cc2)n1. The zero-order valence-electron chi connectivity index (χ0n) is 10.6. The van der Waals surface area contributed by atoms with E-state index in [9.17, 15) is 0 Å². The second-order valence-corrected chi connectivity index (χ2v) is 4.63. The number of anilines is 2. The number of hydrogen-bond donors (Lipinski definition) is 1. The van der Waals surface area contributed by atoms with E-state index in [1.165, 1.54) is 5.56 Å². The molecule has 0 saturated heterocycles. The van der Waals surface area contributed by atoms with Gasteiger partial charge in [-0.1, -0.05) is 42.6 Å². The molecule has 3 nitrogen and oxygen atoms in total. The van der Waals surface area contributed by atoms with Crippen molar-refractivity contribution in [3.63, 3.8) is 0 Å². The summed E-state index contributed by atoms with van der Waals surface area (Å²) in [6.45, 7) is 4.17. The Morgan fingerprint density at radius 1 is 1.17 bits per heavy atom. The van der Waals surface area contributed by atoms with Crippen LogP contribution < -0.4 is 5.32 Å². The Morgan fingerprint density at radius 2 is 1.89 bits per heavy atom. The summed E-state index contributed by atoms with van der Waals surface area (Å²) in [7, 11) is 0. The quantitative estimate of drug-likeness (QED) is 0.841. The average Bonchev–Trinajstić information content (AvgIpc) is 2.32. The molecule has 0 aliphatic carbocycles. The Balaban J connectivity index is 2.20. The molecule has 0 radical (unpaired) electrons. The fourth-order valence-electron chi connectivity index (χ4n) is 1.67. The van der Waals surface area contributed by atoms with Gasteiger partial charge in [-0.15, -0.1) is 0 Å². The second-order valence-electron chi connectivity index (χ2n) is 4.25. The van der Waals surface area contributed by atoms with Crippen molar-refractivity contribution in [2.24, 2.45) is 0 Å². The molecule has 0 fully saturated rings. The summed E-state index contributed by atoms with van der Waals surface area (Å²) in [5.41, 5.74) is 3.15. The fraction of sp³-hybridized carbons (Fsp3) is 0.286. The number of nitrogens with one attached hydrogen (secondary N) is 1. The molecule has 0 aliphatic heterocycles. The van der Waals surface area contributed by atoms with Crippen LogP contribution in [-0.4, -0.2) is 9.97 Å². The predicted molar refractivity (Wildman–Crippen MR) is 75.5 cm³/mol. The highest BCUT2D eigenvalue weighted by Crippen LogP contribution is 2.17. The lowest BCUT2D eigenvalue weighted by Gasteiger charge is -2.07. The zero-order chi connectivity index (χ0) is 13.0. The average molecular weight is 262 g/mol. The molecule has 2 rings (SSSR count). The van der Waals surface area contributed by atoms with E-state index in [4.69, 9.17) is 11.6 Å². The molecule has 1 aromatic carbocycles. The smallest absolute Gasteiger partial charge is 0.228 e. The summed E-state index contributed by atoms with van der Waals surface area (Å²) in [6.07, 6.45) is 1.95. The van der Waals surface area contributed by atoms with Gasteiger partial charge in [-0.2, -0.15) is 0 Å². The first-order chi connectivity index (χ1) is 8.67. The first-order valence-electron chi connectivity index (χ1n) is 6.04. The molecule has 94 valence electrons. The first-order valence-corrected chi connectivity index (χ1v) is 6.42. The monoisotopic (exact) mass is 261 g/mol. The Kier molecular flexibility index (Phi) is 4.15. The molecule has 0 unspecified atom stereocenters. The van der Waals surface area contributed by atoms with Gasteiger partial charge in [0.1, 0.15) is 5.15 Å². The van der Waals surface area contributed by atoms with Crippen LogP contribution in [0.25, 0.3) is 0 Å². The zero-order valence-corrected chi connectivity index (χ0v) is 11.3. The van der Waals surface area contributed by atoms with Crippen LogP contribution in [0.3, 0.4) is 0 Å². The van der Waals surface area contributed by atoms with Crippen molar-refractivity contribution >= 4 is 23.2 Å². The lowest BCUT2D eigenvalue weighted by molar-refractivity contribution is 0.875. The molecule has 2 aromatic rings. The van der Waals surface area contributed by atoms with Crippen LogP contribution in [0.2, 0.25) is 5.15 Å². The van der Waals surface area contributed by atoms with Crippen molar-refractivity contribution in [2.45, 2.75) is 26.7 Å². The number of benzene rings is 1. The van der Waals surface area contributed by atoms with Gasteiger partial charge in [-0.25, -0.2) is 9.97 Å². The molecule has 1 N–H and O–H groups in total. The van der Waals surface area contributed by atoms with Gasteiger partial charge in [0.15, 0.2) is 0 Å². The minimum absolute atomic E-state index is 0.475. The van der Waals surface area contributed by atoms with Gasteiger partial charge in [-0.05, 0) is 31.5 Å². The molecule has 0 spiro atoms. The topological polar surface area (TPSA) is 37.8 Å². The highest BCUT2D eigenvalue weighted by Gasteiger charge is 2.03. The summed E-state index contributed by atoms with van der Waals surface area (Å²) in [5, 5.41) is 3.64. The van der Waals surface area contributed by atoms with E-state index in [2.05, 4.69) is 29.1 Å². The maximum absolute atomic E-state index is 5.99. The minimum atomic E-state index is 0.475. The summed E-state index contributed by atoms with van der Waals surface area (Å²) in [6, 6.07) is 9.89. The van der Waals surface area contributed by atoms with Crippen molar-refractivity contribution in [3.8, 4) is 0 Å². The number of nitrogens with zero attached hydrogens (tertiary/aromatic N) is 2. The van der Waals surface area contributed by atoms with Gasteiger partial charge in [0.05, 0.1) is 0 Å². The molecule has 1 heterocycles. The summed E-state index contributed by atoms with van der Waals surface area (Å²) >= 11 is 5.99. The third kappa shape index (κ3) is 3.44. The van der Waals surface area contributed by atoms with Crippen LogP contribution in [0.4, 0.5) is 11.6 Å². The highest BCUT2D eigenvalue weighted by atomic mass is 35.5. The number of rotatable bonds is 4. The molecule has 0 saturated carbocycles. The first kappa shape index (κ1) is 12.8. The van der Waals surface area contributed by atoms with E-state index in [-0.39, 0.29) is 0 Å².